The van der Waals surface area contributed by atoms with Crippen molar-refractivity contribution in [3.8, 4) is 0 Å². The lowest BCUT2D eigenvalue weighted by atomic mass is 9.94. The summed E-state index contributed by atoms with van der Waals surface area (Å²) in [5, 5.41) is 0. The maximum absolute atomic E-state index is 13.2. The molecule has 8 heteroatoms. The molecule has 0 saturated carbocycles. The van der Waals surface area contributed by atoms with Gasteiger partial charge in [-0.25, -0.2) is 13.2 Å². The maximum Gasteiger partial charge on any atom is 0.339 e. The van der Waals surface area contributed by atoms with Gasteiger partial charge in [0.1, 0.15) is 0 Å². The summed E-state index contributed by atoms with van der Waals surface area (Å²) < 4.78 is 33.5. The number of amides is 1. The van der Waals surface area contributed by atoms with Gasteiger partial charge in [0.25, 0.3) is 5.91 Å². The van der Waals surface area contributed by atoms with Crippen molar-refractivity contribution in [3.63, 3.8) is 0 Å². The van der Waals surface area contributed by atoms with Gasteiger partial charge in [-0.1, -0.05) is 50.2 Å². The van der Waals surface area contributed by atoms with Gasteiger partial charge in [-0.2, -0.15) is 4.31 Å². The first-order valence-corrected chi connectivity index (χ1v) is 12.1. The summed E-state index contributed by atoms with van der Waals surface area (Å²) >= 11 is 0. The molecule has 0 bridgehead atoms. The third-order valence-electron chi connectivity index (χ3n) is 5.54. The number of sulfonamides is 1. The molecular formula is C24H30N2O5S. The van der Waals surface area contributed by atoms with E-state index >= 15 is 0 Å². The Morgan fingerprint density at radius 2 is 1.62 bits per heavy atom. The number of piperidine rings is 1. The lowest BCUT2D eigenvalue weighted by molar-refractivity contribution is -0.138. The van der Waals surface area contributed by atoms with E-state index in [-0.39, 0.29) is 28.2 Å². The van der Waals surface area contributed by atoms with E-state index in [0.29, 0.717) is 18.7 Å². The fourth-order valence-corrected chi connectivity index (χ4v) is 5.76. The Bertz CT molecular complexity index is 1060. The van der Waals surface area contributed by atoms with Crippen LogP contribution in [0.3, 0.4) is 0 Å². The van der Waals surface area contributed by atoms with E-state index in [1.165, 1.54) is 33.5 Å². The summed E-state index contributed by atoms with van der Waals surface area (Å²) in [6.07, 6.45) is -0.137. The highest BCUT2D eigenvalue weighted by Gasteiger charge is 2.32. The van der Waals surface area contributed by atoms with Gasteiger partial charge >= 0.3 is 5.97 Å². The quantitative estimate of drug-likeness (QED) is 0.620. The molecule has 1 aliphatic heterocycles. The van der Waals surface area contributed by atoms with Gasteiger partial charge in [-0.05, 0) is 36.5 Å². The van der Waals surface area contributed by atoms with Gasteiger partial charge in [0.05, 0.1) is 10.5 Å². The zero-order chi connectivity index (χ0) is 23.5. The number of carbonyl (C=O) groups excluding carboxylic acids is 2. The van der Waals surface area contributed by atoms with E-state index in [1.807, 2.05) is 13.8 Å². The van der Waals surface area contributed by atoms with Crippen LogP contribution in [0.5, 0.6) is 0 Å². The molecule has 7 nitrogen and oxygen atoms in total. The number of likely N-dealkylation sites (N-methyl/N-ethyl adjacent to an activating group) is 1. The van der Waals surface area contributed by atoms with E-state index in [4.69, 9.17) is 4.74 Å². The third-order valence-corrected chi connectivity index (χ3v) is 7.36. The van der Waals surface area contributed by atoms with Crippen LogP contribution in [0.4, 0.5) is 0 Å². The molecule has 0 spiro atoms. The average Bonchev–Trinajstić information content (AvgIpc) is 2.76. The van der Waals surface area contributed by atoms with Crippen LogP contribution in [-0.2, 0) is 19.6 Å². The van der Waals surface area contributed by atoms with Gasteiger partial charge < -0.3 is 9.64 Å². The van der Waals surface area contributed by atoms with Crippen molar-refractivity contribution in [2.45, 2.75) is 31.3 Å². The zero-order valence-corrected chi connectivity index (χ0v) is 19.7. The molecule has 3 rings (SSSR count). The first kappa shape index (κ1) is 23.9. The van der Waals surface area contributed by atoms with Gasteiger partial charge in [0, 0.05) is 32.7 Å². The number of hydrogen-bond donors (Lipinski definition) is 0. The molecule has 2 aromatic rings. The van der Waals surface area contributed by atoms with E-state index in [9.17, 15) is 18.0 Å². The Morgan fingerprint density at radius 1 is 1.00 bits per heavy atom. The Balaban J connectivity index is 1.86. The second-order valence-electron chi connectivity index (χ2n) is 8.72. The topological polar surface area (TPSA) is 84.0 Å². The van der Waals surface area contributed by atoms with Crippen molar-refractivity contribution in [2.24, 2.45) is 11.8 Å². The third kappa shape index (κ3) is 5.37. The molecule has 0 N–H and O–H groups in total. The number of benzene rings is 2. The summed E-state index contributed by atoms with van der Waals surface area (Å²) in [4.78, 5) is 27.0. The highest BCUT2D eigenvalue weighted by atomic mass is 32.2. The molecule has 0 aromatic heterocycles. The SMILES string of the molecule is C[C@@H]1C[C@H](C)CN(S(=O)(=O)c2cccc(C(=O)O[C@H](C(=O)N(C)C)c3ccccc3)c2)C1. The van der Waals surface area contributed by atoms with Crippen LogP contribution in [0.1, 0.15) is 42.3 Å². The lowest BCUT2D eigenvalue weighted by Gasteiger charge is -2.34. The Morgan fingerprint density at radius 3 is 2.22 bits per heavy atom. The Hall–Kier alpha value is -2.71. The summed E-state index contributed by atoms with van der Waals surface area (Å²) in [7, 11) is -0.577. The summed E-state index contributed by atoms with van der Waals surface area (Å²) in [5.41, 5.74) is 0.622. The van der Waals surface area contributed by atoms with Crippen molar-refractivity contribution < 1.29 is 22.7 Å². The largest absolute Gasteiger partial charge is 0.444 e. The number of rotatable bonds is 6. The molecule has 1 aliphatic rings. The molecule has 0 radical (unpaired) electrons. The first-order valence-electron chi connectivity index (χ1n) is 10.7. The number of carbonyl (C=O) groups is 2. The van der Waals surface area contributed by atoms with Gasteiger partial charge in [0.2, 0.25) is 16.1 Å². The van der Waals surface area contributed by atoms with Crippen LogP contribution in [0.25, 0.3) is 0 Å². The van der Waals surface area contributed by atoms with Crippen LogP contribution >= 0.6 is 0 Å². The number of esters is 1. The van der Waals surface area contributed by atoms with E-state index < -0.39 is 22.1 Å². The average molecular weight is 459 g/mol. The van der Waals surface area contributed by atoms with Crippen molar-refractivity contribution in [3.05, 3.63) is 65.7 Å². The number of nitrogens with zero attached hydrogens (tertiary/aromatic N) is 2. The second-order valence-corrected chi connectivity index (χ2v) is 10.7. The molecule has 0 aliphatic carbocycles. The van der Waals surface area contributed by atoms with E-state index in [2.05, 4.69) is 0 Å². The predicted molar refractivity (Wildman–Crippen MR) is 121 cm³/mol. The summed E-state index contributed by atoms with van der Waals surface area (Å²) in [5.74, 6) is -0.605. The fraction of sp³-hybridized carbons (Fsp3) is 0.417. The number of ether oxygens (including phenoxy) is 1. The normalized spacial score (nSPS) is 20.4. The van der Waals surface area contributed by atoms with E-state index in [0.717, 1.165) is 6.42 Å². The van der Waals surface area contributed by atoms with Crippen molar-refractivity contribution in [2.75, 3.05) is 27.2 Å². The number of hydrogen-bond acceptors (Lipinski definition) is 5. The molecule has 0 unspecified atom stereocenters. The summed E-state index contributed by atoms with van der Waals surface area (Å²) in [6, 6.07) is 14.5. The minimum Gasteiger partial charge on any atom is -0.444 e. The minimum atomic E-state index is -3.74. The monoisotopic (exact) mass is 458 g/mol. The molecule has 1 saturated heterocycles. The van der Waals surface area contributed by atoms with Crippen LogP contribution in [0, 0.1) is 11.8 Å². The predicted octanol–water partition coefficient (Wildman–Crippen LogP) is 3.34. The Kier molecular flexibility index (Phi) is 7.36. The lowest BCUT2D eigenvalue weighted by Crippen LogP contribution is -2.42. The van der Waals surface area contributed by atoms with Crippen LogP contribution in [-0.4, -0.2) is 56.7 Å². The van der Waals surface area contributed by atoms with Gasteiger partial charge in [-0.15, -0.1) is 0 Å². The molecule has 1 fully saturated rings. The first-order chi connectivity index (χ1) is 15.1. The molecule has 1 heterocycles. The molecule has 3 atom stereocenters. The van der Waals surface area contributed by atoms with Gasteiger partial charge in [0.15, 0.2) is 0 Å². The molecule has 32 heavy (non-hydrogen) atoms. The Labute approximate surface area is 190 Å². The van der Waals surface area contributed by atoms with Crippen molar-refractivity contribution in [1.82, 2.24) is 9.21 Å². The summed E-state index contributed by atoms with van der Waals surface area (Å²) in [6.45, 7) is 4.98. The van der Waals surface area contributed by atoms with Crippen LogP contribution in [0.15, 0.2) is 59.5 Å². The highest BCUT2D eigenvalue weighted by Crippen LogP contribution is 2.28. The maximum atomic E-state index is 13.2. The van der Waals surface area contributed by atoms with Crippen LogP contribution in [0.2, 0.25) is 0 Å². The van der Waals surface area contributed by atoms with Crippen molar-refractivity contribution in [1.29, 1.82) is 0 Å². The zero-order valence-electron chi connectivity index (χ0n) is 18.9. The second kappa shape index (κ2) is 9.83. The fourth-order valence-electron chi connectivity index (χ4n) is 4.03. The molecule has 172 valence electrons. The van der Waals surface area contributed by atoms with E-state index in [1.54, 1.807) is 44.4 Å². The smallest absolute Gasteiger partial charge is 0.339 e. The van der Waals surface area contributed by atoms with Crippen LogP contribution < -0.4 is 0 Å². The minimum absolute atomic E-state index is 0.0449. The molecule has 1 amide bonds. The standard InChI is InChI=1S/C24H30N2O5S/c1-17-13-18(2)16-26(15-17)32(29,30)21-12-8-11-20(14-21)24(28)31-22(23(27)25(3)4)19-9-6-5-7-10-19/h5-12,14,17-18,22H,13,15-16H2,1-4H3/t17-,18+,22-/m0/s1. The van der Waals surface area contributed by atoms with Crippen molar-refractivity contribution >= 4 is 21.9 Å². The van der Waals surface area contributed by atoms with Gasteiger partial charge in [-0.3, -0.25) is 4.79 Å². The molecular weight excluding hydrogens is 428 g/mol. The molecule has 2 aromatic carbocycles. The highest BCUT2D eigenvalue weighted by molar-refractivity contribution is 7.89.